The van der Waals surface area contributed by atoms with Gasteiger partial charge in [-0.15, -0.1) is 0 Å². The summed E-state index contributed by atoms with van der Waals surface area (Å²) in [5, 5.41) is 1.32. The van der Waals surface area contributed by atoms with E-state index in [1.54, 1.807) is 6.07 Å². The maximum atomic E-state index is 15.4. The highest BCUT2D eigenvalue weighted by Gasteiger charge is 2.25. The molecule has 0 N–H and O–H groups in total. The molecule has 0 spiro atoms. The lowest BCUT2D eigenvalue weighted by Crippen LogP contribution is -2.30. The zero-order valence-electron chi connectivity index (χ0n) is 21.5. The molecule has 0 aliphatic heterocycles. The second-order valence-corrected chi connectivity index (χ2v) is 10.3. The summed E-state index contributed by atoms with van der Waals surface area (Å²) in [4.78, 5) is 0. The maximum Gasteiger partial charge on any atom is 0.216 e. The molecule has 2 aromatic heterocycles. The number of para-hydroxylation sites is 1. The van der Waals surface area contributed by atoms with Crippen LogP contribution < -0.4 is 4.57 Å². The smallest absolute Gasteiger partial charge is 0.216 e. The number of hydrogen-bond acceptors (Lipinski definition) is 1. The summed E-state index contributed by atoms with van der Waals surface area (Å²) < 4.78 is 24.0. The number of benzene rings is 4. The first-order valence-corrected chi connectivity index (χ1v) is 12.6. The number of fused-ring (bicyclic) bond motifs is 3. The molecule has 0 saturated heterocycles. The van der Waals surface area contributed by atoms with Gasteiger partial charge in [-0.1, -0.05) is 86.6 Å². The minimum Gasteiger partial charge on any atom is -0.454 e. The maximum absolute atomic E-state index is 15.4. The quantitative estimate of drug-likeness (QED) is 0.228. The molecule has 0 bridgehead atoms. The second-order valence-electron chi connectivity index (χ2n) is 10.3. The van der Waals surface area contributed by atoms with Crippen LogP contribution in [0.4, 0.5) is 4.39 Å². The largest absolute Gasteiger partial charge is 0.454 e. The SMILES string of the molecule is Cc1cc(F)c2c(oc3c(-c4ccc(C(C)(C)c5ccccc5)cc4)cccc32)c1-c1cccc[n+]1C. The molecule has 37 heavy (non-hydrogen) atoms. The minimum atomic E-state index is -0.259. The number of aryl methyl sites for hydroxylation is 2. The van der Waals surface area contributed by atoms with Crippen LogP contribution in [-0.4, -0.2) is 0 Å². The van der Waals surface area contributed by atoms with Crippen molar-refractivity contribution in [3.8, 4) is 22.4 Å². The highest BCUT2D eigenvalue weighted by Crippen LogP contribution is 2.42. The van der Waals surface area contributed by atoms with E-state index in [1.807, 2.05) is 61.1 Å². The summed E-state index contributed by atoms with van der Waals surface area (Å²) in [6.07, 6.45) is 2.00. The van der Waals surface area contributed by atoms with E-state index in [0.717, 1.165) is 33.3 Å². The van der Waals surface area contributed by atoms with Crippen molar-refractivity contribution >= 4 is 21.9 Å². The van der Waals surface area contributed by atoms with E-state index < -0.39 is 0 Å². The predicted molar refractivity (Wildman–Crippen MR) is 149 cm³/mol. The lowest BCUT2D eigenvalue weighted by atomic mass is 9.78. The average Bonchev–Trinajstić information content (AvgIpc) is 3.30. The van der Waals surface area contributed by atoms with Crippen molar-refractivity contribution < 1.29 is 13.4 Å². The van der Waals surface area contributed by atoms with E-state index in [9.17, 15) is 0 Å². The molecule has 2 nitrogen and oxygen atoms in total. The van der Waals surface area contributed by atoms with Gasteiger partial charge in [0, 0.05) is 28.5 Å². The normalized spacial score (nSPS) is 11.9. The number of pyridine rings is 1. The Morgan fingerprint density at radius 3 is 2.19 bits per heavy atom. The zero-order chi connectivity index (χ0) is 25.7. The number of rotatable bonds is 4. The molecule has 182 valence electrons. The zero-order valence-corrected chi connectivity index (χ0v) is 21.5. The molecule has 6 rings (SSSR count). The fourth-order valence-electron chi connectivity index (χ4n) is 5.46. The topological polar surface area (TPSA) is 17.0 Å². The van der Waals surface area contributed by atoms with Crippen molar-refractivity contribution in [2.45, 2.75) is 26.2 Å². The van der Waals surface area contributed by atoms with Crippen LogP contribution >= 0.6 is 0 Å². The summed E-state index contributed by atoms with van der Waals surface area (Å²) >= 11 is 0. The third kappa shape index (κ3) is 3.74. The summed E-state index contributed by atoms with van der Waals surface area (Å²) in [6, 6.07) is 32.8. The van der Waals surface area contributed by atoms with Gasteiger partial charge in [0.05, 0.1) is 10.9 Å². The minimum absolute atomic E-state index is 0.119. The fraction of sp³-hybridized carbons (Fsp3) is 0.147. The third-order valence-corrected chi connectivity index (χ3v) is 7.64. The van der Waals surface area contributed by atoms with E-state index in [-0.39, 0.29) is 11.2 Å². The molecule has 0 fully saturated rings. The van der Waals surface area contributed by atoms with Crippen LogP contribution in [-0.2, 0) is 12.5 Å². The summed E-state index contributed by atoms with van der Waals surface area (Å²) in [6.45, 7) is 6.42. The van der Waals surface area contributed by atoms with Crippen molar-refractivity contribution in [2.75, 3.05) is 0 Å². The Kier molecular flexibility index (Phi) is 5.45. The van der Waals surface area contributed by atoms with Gasteiger partial charge in [-0.2, -0.15) is 0 Å². The van der Waals surface area contributed by atoms with Crippen LogP contribution in [0, 0.1) is 12.7 Å². The first-order valence-electron chi connectivity index (χ1n) is 12.6. The van der Waals surface area contributed by atoms with Gasteiger partial charge in [0.2, 0.25) is 5.69 Å². The summed E-state index contributed by atoms with van der Waals surface area (Å²) in [5.41, 5.74) is 8.43. The molecule has 3 heteroatoms. The molecule has 0 radical (unpaired) electrons. The standard InChI is InChI=1S/C34H29FNO/c1-22-21-28(35)31-27-14-10-13-26(32(27)37-33(31)30(22)29-15-8-9-20-36(29)4)23-16-18-25(19-17-23)34(2,3)24-11-6-5-7-12-24/h5-21H,1-4H3/q+1. The number of furan rings is 1. The van der Waals surface area contributed by atoms with Gasteiger partial charge in [0.25, 0.3) is 0 Å². The fourth-order valence-corrected chi connectivity index (χ4v) is 5.46. The lowest BCUT2D eigenvalue weighted by molar-refractivity contribution is -0.660. The van der Waals surface area contributed by atoms with Crippen molar-refractivity contribution in [2.24, 2.45) is 7.05 Å². The number of halogens is 1. The van der Waals surface area contributed by atoms with Gasteiger partial charge in [0.15, 0.2) is 11.8 Å². The Bertz CT molecular complexity index is 1760. The van der Waals surface area contributed by atoms with Gasteiger partial charge >= 0.3 is 0 Å². The molecule has 6 aromatic rings. The second kappa shape index (κ2) is 8.70. The van der Waals surface area contributed by atoms with Gasteiger partial charge in [-0.05, 0) is 41.3 Å². The number of hydrogen-bond donors (Lipinski definition) is 0. The van der Waals surface area contributed by atoms with Crippen LogP contribution in [0.3, 0.4) is 0 Å². The first kappa shape index (κ1) is 23.2. The molecule has 0 atom stereocenters. The summed E-state index contributed by atoms with van der Waals surface area (Å²) in [7, 11) is 2.00. The van der Waals surface area contributed by atoms with Crippen molar-refractivity contribution in [1.29, 1.82) is 0 Å². The Labute approximate surface area is 216 Å². The highest BCUT2D eigenvalue weighted by molar-refractivity contribution is 6.13. The molecular weight excluding hydrogens is 457 g/mol. The van der Waals surface area contributed by atoms with Crippen LogP contribution in [0.1, 0.15) is 30.5 Å². The van der Waals surface area contributed by atoms with Gasteiger partial charge in [-0.25, -0.2) is 8.96 Å². The molecule has 0 unspecified atom stereocenters. The molecule has 2 heterocycles. The van der Waals surface area contributed by atoms with Crippen LogP contribution in [0.15, 0.2) is 108 Å². The number of nitrogens with zero attached hydrogens (tertiary/aromatic N) is 1. The Balaban J connectivity index is 1.53. The predicted octanol–water partition coefficient (Wildman–Crippen LogP) is 8.52. The van der Waals surface area contributed by atoms with Gasteiger partial charge in [-0.3, -0.25) is 0 Å². The van der Waals surface area contributed by atoms with Crippen LogP contribution in [0.5, 0.6) is 0 Å². The van der Waals surface area contributed by atoms with E-state index in [4.69, 9.17) is 4.42 Å². The molecule has 0 aliphatic rings. The summed E-state index contributed by atoms with van der Waals surface area (Å²) in [5.74, 6) is -0.259. The highest BCUT2D eigenvalue weighted by atomic mass is 19.1. The van der Waals surface area contributed by atoms with Crippen LogP contribution in [0.2, 0.25) is 0 Å². The lowest BCUT2D eigenvalue weighted by Gasteiger charge is -2.26. The van der Waals surface area contributed by atoms with Crippen molar-refractivity contribution in [3.63, 3.8) is 0 Å². The van der Waals surface area contributed by atoms with Crippen molar-refractivity contribution in [1.82, 2.24) is 0 Å². The molecule has 0 amide bonds. The van der Waals surface area contributed by atoms with Crippen molar-refractivity contribution in [3.05, 3.63) is 126 Å². The van der Waals surface area contributed by atoms with Gasteiger partial charge < -0.3 is 4.42 Å². The van der Waals surface area contributed by atoms with E-state index in [1.165, 1.54) is 11.1 Å². The first-order chi connectivity index (χ1) is 17.9. The third-order valence-electron chi connectivity index (χ3n) is 7.64. The average molecular weight is 487 g/mol. The molecule has 0 aliphatic carbocycles. The van der Waals surface area contributed by atoms with E-state index >= 15 is 4.39 Å². The monoisotopic (exact) mass is 486 g/mol. The Morgan fingerprint density at radius 2 is 1.46 bits per heavy atom. The molecule has 4 aromatic carbocycles. The van der Waals surface area contributed by atoms with E-state index in [0.29, 0.717) is 16.6 Å². The Hall–Kier alpha value is -4.24. The molecular formula is C34H29FNO+. The van der Waals surface area contributed by atoms with Gasteiger partial charge in [0.1, 0.15) is 18.4 Å². The number of aromatic nitrogens is 1. The Morgan fingerprint density at radius 1 is 0.757 bits per heavy atom. The van der Waals surface area contributed by atoms with Crippen LogP contribution in [0.25, 0.3) is 44.3 Å². The molecule has 0 saturated carbocycles. The van der Waals surface area contributed by atoms with E-state index in [2.05, 4.69) is 68.4 Å².